The molecule has 0 saturated carbocycles. The Bertz CT molecular complexity index is 774. The van der Waals surface area contributed by atoms with Crippen LogP contribution in [0.3, 0.4) is 0 Å². The molecular formula is C15H13N3O. The second-order valence-corrected chi connectivity index (χ2v) is 4.51. The zero-order valence-electron chi connectivity index (χ0n) is 10.8. The molecule has 19 heavy (non-hydrogen) atoms. The van der Waals surface area contributed by atoms with Crippen LogP contribution in [0.2, 0.25) is 0 Å². The summed E-state index contributed by atoms with van der Waals surface area (Å²) in [6, 6.07) is 7.51. The van der Waals surface area contributed by atoms with Crippen molar-refractivity contribution in [2.75, 3.05) is 0 Å². The van der Waals surface area contributed by atoms with Gasteiger partial charge in [0.1, 0.15) is 0 Å². The minimum absolute atomic E-state index is 0.0577. The van der Waals surface area contributed by atoms with Crippen LogP contribution in [0.1, 0.15) is 23.0 Å². The normalized spacial score (nSPS) is 10.8. The lowest BCUT2D eigenvalue weighted by molar-refractivity contribution is 0.101. The zero-order valence-corrected chi connectivity index (χ0v) is 10.8. The fourth-order valence-electron chi connectivity index (χ4n) is 2.13. The first-order valence-electron chi connectivity index (χ1n) is 6.07. The third-order valence-electron chi connectivity index (χ3n) is 3.11. The van der Waals surface area contributed by atoms with Gasteiger partial charge in [0.25, 0.3) is 0 Å². The maximum atomic E-state index is 11.4. The fraction of sp³-hybridized carbons (Fsp3) is 0.133. The molecule has 3 rings (SSSR count). The molecule has 0 amide bonds. The number of hydrogen-bond acceptors (Lipinski definition) is 3. The molecule has 2 aromatic heterocycles. The van der Waals surface area contributed by atoms with Gasteiger partial charge in [0, 0.05) is 29.7 Å². The van der Waals surface area contributed by atoms with Gasteiger partial charge in [-0.25, -0.2) is 9.97 Å². The Morgan fingerprint density at radius 1 is 1.32 bits per heavy atom. The third-order valence-corrected chi connectivity index (χ3v) is 3.11. The molecule has 0 aliphatic heterocycles. The molecule has 0 spiro atoms. The van der Waals surface area contributed by atoms with Crippen LogP contribution >= 0.6 is 0 Å². The van der Waals surface area contributed by atoms with Crippen molar-refractivity contribution in [2.45, 2.75) is 13.8 Å². The fourth-order valence-corrected chi connectivity index (χ4v) is 2.13. The summed E-state index contributed by atoms with van der Waals surface area (Å²) in [5.74, 6) is 0.0577. The van der Waals surface area contributed by atoms with Gasteiger partial charge in [0.2, 0.25) is 0 Å². The smallest absolute Gasteiger partial charge is 0.159 e. The average Bonchev–Trinajstić information content (AvgIpc) is 2.87. The average molecular weight is 251 g/mol. The molecule has 0 atom stereocenters. The van der Waals surface area contributed by atoms with E-state index in [0.717, 1.165) is 22.6 Å². The van der Waals surface area contributed by atoms with E-state index >= 15 is 0 Å². The largest absolute Gasteiger partial charge is 0.303 e. The molecule has 0 unspecified atom stereocenters. The van der Waals surface area contributed by atoms with Crippen molar-refractivity contribution >= 4 is 11.4 Å². The van der Waals surface area contributed by atoms with Gasteiger partial charge < -0.3 is 4.40 Å². The number of benzene rings is 1. The van der Waals surface area contributed by atoms with E-state index in [-0.39, 0.29) is 5.78 Å². The van der Waals surface area contributed by atoms with E-state index < -0.39 is 0 Å². The number of imidazole rings is 1. The highest BCUT2D eigenvalue weighted by Gasteiger charge is 2.07. The summed E-state index contributed by atoms with van der Waals surface area (Å²) in [6.07, 6.45) is 5.57. The minimum atomic E-state index is 0.0577. The summed E-state index contributed by atoms with van der Waals surface area (Å²) in [7, 11) is 0. The molecule has 0 aliphatic rings. The van der Waals surface area contributed by atoms with Crippen molar-refractivity contribution < 1.29 is 4.79 Å². The van der Waals surface area contributed by atoms with E-state index in [1.807, 2.05) is 48.0 Å². The molecule has 0 saturated heterocycles. The van der Waals surface area contributed by atoms with Crippen molar-refractivity contribution in [1.82, 2.24) is 14.4 Å². The Labute approximate surface area is 110 Å². The van der Waals surface area contributed by atoms with Crippen molar-refractivity contribution in [3.05, 3.63) is 54.1 Å². The van der Waals surface area contributed by atoms with E-state index in [0.29, 0.717) is 5.56 Å². The molecular weight excluding hydrogens is 238 g/mol. The molecule has 0 radical (unpaired) electrons. The van der Waals surface area contributed by atoms with Crippen LogP contribution in [0.5, 0.6) is 0 Å². The molecule has 4 nitrogen and oxygen atoms in total. The van der Waals surface area contributed by atoms with E-state index in [4.69, 9.17) is 0 Å². The van der Waals surface area contributed by atoms with Crippen LogP contribution in [-0.2, 0) is 0 Å². The maximum Gasteiger partial charge on any atom is 0.159 e. The molecule has 0 bridgehead atoms. The van der Waals surface area contributed by atoms with Crippen molar-refractivity contribution in [3.63, 3.8) is 0 Å². The lowest BCUT2D eigenvalue weighted by atomic mass is 10.1. The summed E-state index contributed by atoms with van der Waals surface area (Å²) in [6.45, 7) is 3.50. The topological polar surface area (TPSA) is 47.3 Å². The van der Waals surface area contributed by atoms with Crippen molar-refractivity contribution in [2.24, 2.45) is 0 Å². The number of Topliss-reactive ketones (excluding diaryl/α,β-unsaturated/α-hetero) is 1. The maximum absolute atomic E-state index is 11.4. The number of rotatable bonds is 2. The Morgan fingerprint density at radius 2 is 2.16 bits per heavy atom. The summed E-state index contributed by atoms with van der Waals surface area (Å²) < 4.78 is 1.94. The van der Waals surface area contributed by atoms with E-state index in [1.54, 1.807) is 13.1 Å². The van der Waals surface area contributed by atoms with Gasteiger partial charge in [0.15, 0.2) is 11.4 Å². The molecule has 0 N–H and O–H groups in total. The monoisotopic (exact) mass is 251 g/mol. The van der Waals surface area contributed by atoms with Crippen molar-refractivity contribution in [1.29, 1.82) is 0 Å². The molecule has 0 fully saturated rings. The van der Waals surface area contributed by atoms with Gasteiger partial charge in [-0.15, -0.1) is 0 Å². The summed E-state index contributed by atoms with van der Waals surface area (Å²) in [5.41, 5.74) is 4.20. The lowest BCUT2D eigenvalue weighted by Crippen LogP contribution is -1.97. The standard InChI is InChI=1S/C15H13N3O/c1-10-15-16-6-7-18(15)9-14(17-10)13-5-3-4-12(8-13)11(2)19/h3-9H,1-2H3. The highest BCUT2D eigenvalue weighted by Crippen LogP contribution is 2.20. The first-order valence-corrected chi connectivity index (χ1v) is 6.07. The van der Waals surface area contributed by atoms with Gasteiger partial charge >= 0.3 is 0 Å². The molecule has 0 aliphatic carbocycles. The SMILES string of the molecule is CC(=O)c1cccc(-c2cn3ccnc3c(C)n2)c1. The summed E-state index contributed by atoms with van der Waals surface area (Å²) in [4.78, 5) is 20.2. The quantitative estimate of drug-likeness (QED) is 0.658. The number of hydrogen-bond donors (Lipinski definition) is 0. The van der Waals surface area contributed by atoms with E-state index in [1.165, 1.54) is 0 Å². The molecule has 94 valence electrons. The zero-order chi connectivity index (χ0) is 13.4. The first kappa shape index (κ1) is 11.6. The number of fused-ring (bicyclic) bond motifs is 1. The number of aryl methyl sites for hydroxylation is 1. The number of ketones is 1. The van der Waals surface area contributed by atoms with Crippen LogP contribution in [0.4, 0.5) is 0 Å². The third kappa shape index (κ3) is 2.01. The van der Waals surface area contributed by atoms with Crippen molar-refractivity contribution in [3.8, 4) is 11.3 Å². The second-order valence-electron chi connectivity index (χ2n) is 4.51. The van der Waals surface area contributed by atoms with Gasteiger partial charge in [-0.2, -0.15) is 0 Å². The summed E-state index contributed by atoms with van der Waals surface area (Å²) >= 11 is 0. The predicted octanol–water partition coefficient (Wildman–Crippen LogP) is 2.91. The molecule has 3 aromatic rings. The predicted molar refractivity (Wildman–Crippen MR) is 73.2 cm³/mol. The van der Waals surface area contributed by atoms with Crippen LogP contribution in [0.25, 0.3) is 16.9 Å². The lowest BCUT2D eigenvalue weighted by Gasteiger charge is -2.06. The van der Waals surface area contributed by atoms with Crippen LogP contribution in [0, 0.1) is 6.92 Å². The van der Waals surface area contributed by atoms with Crippen LogP contribution in [0.15, 0.2) is 42.9 Å². The molecule has 1 aromatic carbocycles. The first-order chi connectivity index (χ1) is 9.15. The number of nitrogens with zero attached hydrogens (tertiary/aromatic N) is 3. The van der Waals surface area contributed by atoms with Crippen LogP contribution < -0.4 is 0 Å². The van der Waals surface area contributed by atoms with E-state index in [9.17, 15) is 4.79 Å². The second kappa shape index (κ2) is 4.31. The number of carbonyl (C=O) groups is 1. The molecule has 4 heteroatoms. The highest BCUT2D eigenvalue weighted by molar-refractivity contribution is 5.95. The summed E-state index contributed by atoms with van der Waals surface area (Å²) in [5, 5.41) is 0. The number of carbonyl (C=O) groups excluding carboxylic acids is 1. The molecule has 2 heterocycles. The Kier molecular flexibility index (Phi) is 2.63. The Balaban J connectivity index is 2.18. The van der Waals surface area contributed by atoms with Gasteiger partial charge in [-0.05, 0) is 19.9 Å². The Hall–Kier alpha value is -2.49. The minimum Gasteiger partial charge on any atom is -0.303 e. The van der Waals surface area contributed by atoms with Gasteiger partial charge in [0.05, 0.1) is 11.4 Å². The van der Waals surface area contributed by atoms with Crippen LogP contribution in [-0.4, -0.2) is 20.2 Å². The number of aromatic nitrogens is 3. The van der Waals surface area contributed by atoms with E-state index in [2.05, 4.69) is 9.97 Å². The Morgan fingerprint density at radius 3 is 2.95 bits per heavy atom. The van der Waals surface area contributed by atoms with Gasteiger partial charge in [-0.3, -0.25) is 4.79 Å². The highest BCUT2D eigenvalue weighted by atomic mass is 16.1. The van der Waals surface area contributed by atoms with Gasteiger partial charge in [-0.1, -0.05) is 18.2 Å².